The van der Waals surface area contributed by atoms with Crippen LogP contribution in [-0.2, 0) is 4.74 Å². The molecule has 6 nitrogen and oxygen atoms in total. The molecular formula is C19H22FN3O3. The standard InChI is InChI=1S/C19H22FN3O3/c20-15-3-1-4-16(13-15)22-19(24)23-9-6-17(7-10-23)25-11-12-26-18-5-2-8-21-14-18/h1-5,8,13-14,17H,6-7,9-12H2,(H,22,24). The number of benzene rings is 1. The average molecular weight is 359 g/mol. The number of halogens is 1. The van der Waals surface area contributed by atoms with Gasteiger partial charge in [-0.1, -0.05) is 6.07 Å². The molecule has 3 rings (SSSR count). The van der Waals surface area contributed by atoms with Crippen LogP contribution in [0, 0.1) is 5.82 Å². The number of carbonyl (C=O) groups excluding carboxylic acids is 1. The van der Waals surface area contributed by atoms with E-state index < -0.39 is 0 Å². The Morgan fingerprint density at radius 1 is 1.23 bits per heavy atom. The second-order valence-corrected chi connectivity index (χ2v) is 6.03. The van der Waals surface area contributed by atoms with Gasteiger partial charge in [0.2, 0.25) is 0 Å². The van der Waals surface area contributed by atoms with Gasteiger partial charge in [0.15, 0.2) is 0 Å². The van der Waals surface area contributed by atoms with Gasteiger partial charge in [0, 0.05) is 25.0 Å². The summed E-state index contributed by atoms with van der Waals surface area (Å²) in [5.41, 5.74) is 0.459. The molecule has 7 heteroatoms. The smallest absolute Gasteiger partial charge is 0.321 e. The Balaban J connectivity index is 1.34. The summed E-state index contributed by atoms with van der Waals surface area (Å²) < 4.78 is 24.5. The molecular weight excluding hydrogens is 337 g/mol. The molecule has 138 valence electrons. The van der Waals surface area contributed by atoms with Gasteiger partial charge in [-0.3, -0.25) is 4.98 Å². The molecule has 2 amide bonds. The molecule has 0 unspecified atom stereocenters. The molecule has 0 atom stereocenters. The maximum Gasteiger partial charge on any atom is 0.321 e. The van der Waals surface area contributed by atoms with E-state index in [9.17, 15) is 9.18 Å². The van der Waals surface area contributed by atoms with Gasteiger partial charge in [0.05, 0.1) is 18.9 Å². The van der Waals surface area contributed by atoms with Gasteiger partial charge in [0.25, 0.3) is 0 Å². The van der Waals surface area contributed by atoms with Crippen molar-refractivity contribution in [2.75, 3.05) is 31.6 Å². The molecule has 2 aromatic rings. The molecule has 0 radical (unpaired) electrons. The predicted octanol–water partition coefficient (Wildman–Crippen LogP) is 3.31. The summed E-state index contributed by atoms with van der Waals surface area (Å²) in [7, 11) is 0. The van der Waals surface area contributed by atoms with Crippen LogP contribution in [-0.4, -0.2) is 48.3 Å². The lowest BCUT2D eigenvalue weighted by Crippen LogP contribution is -2.43. The Labute approximate surface area is 151 Å². The predicted molar refractivity (Wildman–Crippen MR) is 95.7 cm³/mol. The number of urea groups is 1. The Hall–Kier alpha value is -2.67. The van der Waals surface area contributed by atoms with Crippen molar-refractivity contribution >= 4 is 11.7 Å². The van der Waals surface area contributed by atoms with Crippen LogP contribution in [0.15, 0.2) is 48.8 Å². The minimum atomic E-state index is -0.372. The van der Waals surface area contributed by atoms with Crippen LogP contribution in [0.3, 0.4) is 0 Å². The number of piperidine rings is 1. The largest absolute Gasteiger partial charge is 0.490 e. The van der Waals surface area contributed by atoms with Crippen molar-refractivity contribution in [3.8, 4) is 5.75 Å². The van der Waals surface area contributed by atoms with Crippen molar-refractivity contribution in [2.24, 2.45) is 0 Å². The molecule has 26 heavy (non-hydrogen) atoms. The number of carbonyl (C=O) groups is 1. The van der Waals surface area contributed by atoms with Crippen LogP contribution in [0.2, 0.25) is 0 Å². The summed E-state index contributed by atoms with van der Waals surface area (Å²) in [6.45, 7) is 2.17. The first kappa shape index (κ1) is 18.1. The summed E-state index contributed by atoms with van der Waals surface area (Å²) in [5.74, 6) is 0.350. The highest BCUT2D eigenvalue weighted by molar-refractivity contribution is 5.89. The molecule has 1 saturated heterocycles. The van der Waals surface area contributed by atoms with Crippen LogP contribution in [0.5, 0.6) is 5.75 Å². The number of hydrogen-bond donors (Lipinski definition) is 1. The van der Waals surface area contributed by atoms with Crippen LogP contribution >= 0.6 is 0 Å². The Morgan fingerprint density at radius 3 is 2.81 bits per heavy atom. The van der Waals surface area contributed by atoms with Gasteiger partial charge >= 0.3 is 6.03 Å². The number of nitrogens with zero attached hydrogens (tertiary/aromatic N) is 2. The molecule has 2 heterocycles. The summed E-state index contributed by atoms with van der Waals surface area (Å²) in [5, 5.41) is 2.72. The zero-order valence-electron chi connectivity index (χ0n) is 14.4. The summed E-state index contributed by atoms with van der Waals surface area (Å²) in [6, 6.07) is 9.34. The maximum atomic E-state index is 13.2. The Bertz CT molecular complexity index is 706. The van der Waals surface area contributed by atoms with Gasteiger partial charge in [0.1, 0.15) is 18.2 Å². The number of pyridine rings is 1. The van der Waals surface area contributed by atoms with Crippen molar-refractivity contribution in [1.29, 1.82) is 0 Å². The van der Waals surface area contributed by atoms with E-state index in [1.165, 1.54) is 12.1 Å². The molecule has 1 aromatic carbocycles. The molecule has 1 aliphatic heterocycles. The highest BCUT2D eigenvalue weighted by atomic mass is 19.1. The highest BCUT2D eigenvalue weighted by Gasteiger charge is 2.23. The number of rotatable bonds is 6. The van der Waals surface area contributed by atoms with E-state index in [-0.39, 0.29) is 18.0 Å². The fourth-order valence-corrected chi connectivity index (χ4v) is 2.80. The third-order valence-electron chi connectivity index (χ3n) is 4.15. The lowest BCUT2D eigenvalue weighted by atomic mass is 10.1. The fraction of sp³-hybridized carbons (Fsp3) is 0.368. The van der Waals surface area contributed by atoms with Gasteiger partial charge in [-0.15, -0.1) is 0 Å². The van der Waals surface area contributed by atoms with Crippen LogP contribution in [0.25, 0.3) is 0 Å². The van der Waals surface area contributed by atoms with E-state index in [0.717, 1.165) is 18.6 Å². The van der Waals surface area contributed by atoms with E-state index in [4.69, 9.17) is 9.47 Å². The first-order valence-corrected chi connectivity index (χ1v) is 8.66. The van der Waals surface area contributed by atoms with Crippen LogP contribution < -0.4 is 10.1 Å². The minimum Gasteiger partial charge on any atom is -0.490 e. The monoisotopic (exact) mass is 359 g/mol. The number of likely N-dealkylation sites (tertiary alicyclic amines) is 1. The number of ether oxygens (including phenoxy) is 2. The number of anilines is 1. The van der Waals surface area contributed by atoms with E-state index in [1.807, 2.05) is 12.1 Å². The molecule has 0 spiro atoms. The number of amides is 2. The van der Waals surface area contributed by atoms with Crippen molar-refractivity contribution < 1.29 is 18.7 Å². The van der Waals surface area contributed by atoms with E-state index >= 15 is 0 Å². The second kappa shape index (κ2) is 9.15. The number of hydrogen-bond acceptors (Lipinski definition) is 4. The maximum absolute atomic E-state index is 13.2. The third kappa shape index (κ3) is 5.42. The molecule has 1 fully saturated rings. The topological polar surface area (TPSA) is 63.7 Å². The van der Waals surface area contributed by atoms with Gasteiger partial charge in [-0.2, -0.15) is 0 Å². The first-order chi connectivity index (χ1) is 12.7. The zero-order valence-corrected chi connectivity index (χ0v) is 14.4. The molecule has 0 aliphatic carbocycles. The molecule has 1 aliphatic rings. The molecule has 1 aromatic heterocycles. The van der Waals surface area contributed by atoms with E-state index in [2.05, 4.69) is 10.3 Å². The van der Waals surface area contributed by atoms with Gasteiger partial charge in [-0.05, 0) is 43.2 Å². The summed E-state index contributed by atoms with van der Waals surface area (Å²) in [6.07, 6.45) is 5.01. The lowest BCUT2D eigenvalue weighted by Gasteiger charge is -2.32. The van der Waals surface area contributed by atoms with Crippen molar-refractivity contribution in [2.45, 2.75) is 18.9 Å². The summed E-state index contributed by atoms with van der Waals surface area (Å²) >= 11 is 0. The minimum absolute atomic E-state index is 0.116. The molecule has 0 saturated carbocycles. The Morgan fingerprint density at radius 2 is 2.08 bits per heavy atom. The molecule has 1 N–H and O–H groups in total. The third-order valence-corrected chi connectivity index (χ3v) is 4.15. The van der Waals surface area contributed by atoms with Crippen molar-refractivity contribution in [3.05, 3.63) is 54.6 Å². The van der Waals surface area contributed by atoms with Crippen molar-refractivity contribution in [1.82, 2.24) is 9.88 Å². The fourth-order valence-electron chi connectivity index (χ4n) is 2.80. The van der Waals surface area contributed by atoms with Gasteiger partial charge < -0.3 is 19.7 Å². The van der Waals surface area contributed by atoms with Crippen molar-refractivity contribution in [3.63, 3.8) is 0 Å². The Kier molecular flexibility index (Phi) is 6.38. The second-order valence-electron chi connectivity index (χ2n) is 6.03. The quantitative estimate of drug-likeness (QED) is 0.804. The average Bonchev–Trinajstić information content (AvgIpc) is 2.66. The van der Waals surface area contributed by atoms with E-state index in [0.29, 0.717) is 32.0 Å². The normalized spacial score (nSPS) is 14.9. The number of aromatic nitrogens is 1. The zero-order chi connectivity index (χ0) is 18.2. The van der Waals surface area contributed by atoms with E-state index in [1.54, 1.807) is 29.4 Å². The van der Waals surface area contributed by atoms with Crippen LogP contribution in [0.1, 0.15) is 12.8 Å². The van der Waals surface area contributed by atoms with Gasteiger partial charge in [-0.25, -0.2) is 9.18 Å². The SMILES string of the molecule is O=C(Nc1cccc(F)c1)N1CCC(OCCOc2cccnc2)CC1. The highest BCUT2D eigenvalue weighted by Crippen LogP contribution is 2.16. The first-order valence-electron chi connectivity index (χ1n) is 8.66. The number of nitrogens with one attached hydrogen (secondary N) is 1. The molecule has 0 bridgehead atoms. The van der Waals surface area contributed by atoms with Crippen LogP contribution in [0.4, 0.5) is 14.9 Å². The summed E-state index contributed by atoms with van der Waals surface area (Å²) in [4.78, 5) is 17.9. The lowest BCUT2D eigenvalue weighted by molar-refractivity contribution is 0.00268.